The zero-order valence-electron chi connectivity index (χ0n) is 12.6. The maximum absolute atomic E-state index is 14.3. The third kappa shape index (κ3) is 3.28. The summed E-state index contributed by atoms with van der Waals surface area (Å²) in [4.78, 5) is 13.3. The van der Waals surface area contributed by atoms with Crippen molar-refractivity contribution in [3.63, 3.8) is 0 Å². The Labute approximate surface area is 128 Å². The number of carbonyl (C=O) groups excluding carboxylic acids is 1. The summed E-state index contributed by atoms with van der Waals surface area (Å²) in [5, 5.41) is 0. The number of carbonyl (C=O) groups is 1. The molecule has 1 aliphatic rings. The number of hydrogen-bond donors (Lipinski definition) is 0. The Morgan fingerprint density at radius 3 is 2.59 bits per heavy atom. The summed E-state index contributed by atoms with van der Waals surface area (Å²) in [6.07, 6.45) is 2.53. The highest BCUT2D eigenvalue weighted by atomic mass is 19.1. The van der Waals surface area contributed by atoms with Crippen LogP contribution in [0.25, 0.3) is 5.70 Å². The molecule has 1 heterocycles. The first kappa shape index (κ1) is 16.0. The normalized spacial score (nSPS) is 14.3. The molecule has 22 heavy (non-hydrogen) atoms. The van der Waals surface area contributed by atoms with E-state index in [0.29, 0.717) is 19.4 Å². The highest BCUT2D eigenvalue weighted by Crippen LogP contribution is 2.31. The molecule has 2 rings (SSSR count). The van der Waals surface area contributed by atoms with Crippen LogP contribution < -0.4 is 4.74 Å². The number of hydrogen-bond acceptors (Lipinski definition) is 2. The van der Waals surface area contributed by atoms with E-state index in [1.54, 1.807) is 19.9 Å². The Kier molecular flexibility index (Phi) is 5.16. The van der Waals surface area contributed by atoms with Gasteiger partial charge in [0.2, 0.25) is 5.91 Å². The lowest BCUT2D eigenvalue weighted by Gasteiger charge is -2.28. The second-order valence-corrected chi connectivity index (χ2v) is 4.74. The van der Waals surface area contributed by atoms with Crippen molar-refractivity contribution in [2.45, 2.75) is 26.7 Å². The smallest absolute Gasteiger partial charge is 0.227 e. The van der Waals surface area contributed by atoms with Crippen LogP contribution in [-0.4, -0.2) is 24.0 Å². The van der Waals surface area contributed by atoms with Crippen molar-refractivity contribution in [2.24, 2.45) is 0 Å². The predicted molar refractivity (Wildman–Crippen MR) is 79.9 cm³/mol. The number of halogens is 2. The summed E-state index contributed by atoms with van der Waals surface area (Å²) < 4.78 is 33.8. The largest absolute Gasteiger partial charge is 0.481 e. The third-order valence-corrected chi connectivity index (χ3v) is 3.36. The van der Waals surface area contributed by atoms with E-state index < -0.39 is 11.6 Å². The molecule has 0 bridgehead atoms. The van der Waals surface area contributed by atoms with Gasteiger partial charge in [-0.1, -0.05) is 12.0 Å². The Bertz CT molecular complexity index is 648. The van der Waals surface area contributed by atoms with Crippen molar-refractivity contribution in [1.82, 2.24) is 4.90 Å². The van der Waals surface area contributed by atoms with Crippen molar-refractivity contribution >= 4 is 11.6 Å². The minimum atomic E-state index is -0.751. The van der Waals surface area contributed by atoms with Gasteiger partial charge < -0.3 is 9.64 Å². The molecule has 1 aromatic rings. The van der Waals surface area contributed by atoms with Gasteiger partial charge >= 0.3 is 0 Å². The number of rotatable bonds is 4. The molecular weight excluding hydrogens is 288 g/mol. The Hall–Kier alpha value is -2.35. The molecule has 0 radical (unpaired) electrons. The van der Waals surface area contributed by atoms with Crippen LogP contribution in [0.1, 0.15) is 32.3 Å². The molecule has 0 saturated carbocycles. The number of nitrogens with zero attached hydrogens (tertiary/aromatic N) is 1. The van der Waals surface area contributed by atoms with Crippen LogP contribution in [0, 0.1) is 23.5 Å². The van der Waals surface area contributed by atoms with Crippen molar-refractivity contribution < 1.29 is 18.3 Å². The lowest BCUT2D eigenvalue weighted by atomic mass is 10.0. The van der Waals surface area contributed by atoms with E-state index in [2.05, 4.69) is 11.8 Å². The zero-order valence-corrected chi connectivity index (χ0v) is 12.6. The van der Waals surface area contributed by atoms with Crippen LogP contribution in [0.15, 0.2) is 18.2 Å². The molecule has 0 saturated heterocycles. The summed E-state index contributed by atoms with van der Waals surface area (Å²) >= 11 is 0. The van der Waals surface area contributed by atoms with Crippen LogP contribution in [-0.2, 0) is 4.79 Å². The standard InChI is InChI=1S/C17H17F2NO2/c1-3-5-9-22-12-10-13(18)17(14(19)11-12)15-7-6-8-16(21)20(15)4-2/h7,10-11H,4,6,8-9H2,1-2H3. The van der Waals surface area contributed by atoms with Crippen LogP contribution in [0.2, 0.25) is 0 Å². The highest BCUT2D eigenvalue weighted by Gasteiger charge is 2.26. The molecule has 0 aromatic heterocycles. The summed E-state index contributed by atoms with van der Waals surface area (Å²) in [6, 6.07) is 2.23. The van der Waals surface area contributed by atoms with Crippen molar-refractivity contribution in [3.8, 4) is 17.6 Å². The average Bonchev–Trinajstić information content (AvgIpc) is 2.47. The fourth-order valence-electron chi connectivity index (χ4n) is 2.37. The van der Waals surface area contributed by atoms with E-state index in [9.17, 15) is 13.6 Å². The van der Waals surface area contributed by atoms with Crippen molar-refractivity contribution in [1.29, 1.82) is 0 Å². The minimum Gasteiger partial charge on any atom is -0.481 e. The van der Waals surface area contributed by atoms with Gasteiger partial charge in [0.05, 0.1) is 11.3 Å². The molecular formula is C17H17F2NO2. The molecule has 1 aliphatic heterocycles. The minimum absolute atomic E-state index is 0.0665. The fourth-order valence-corrected chi connectivity index (χ4v) is 2.37. The summed E-state index contributed by atoms with van der Waals surface area (Å²) in [6.45, 7) is 3.86. The van der Waals surface area contributed by atoms with Crippen LogP contribution in [0.3, 0.4) is 0 Å². The molecule has 3 nitrogen and oxygen atoms in total. The molecule has 1 amide bonds. The van der Waals surface area contributed by atoms with E-state index in [1.165, 1.54) is 4.90 Å². The maximum Gasteiger partial charge on any atom is 0.227 e. The van der Waals surface area contributed by atoms with E-state index in [-0.39, 0.29) is 29.5 Å². The van der Waals surface area contributed by atoms with Gasteiger partial charge in [-0.25, -0.2) is 8.78 Å². The molecule has 0 N–H and O–H groups in total. The van der Waals surface area contributed by atoms with Crippen LogP contribution in [0.5, 0.6) is 5.75 Å². The van der Waals surface area contributed by atoms with Gasteiger partial charge in [-0.2, -0.15) is 0 Å². The molecule has 5 heteroatoms. The van der Waals surface area contributed by atoms with E-state index >= 15 is 0 Å². The Morgan fingerprint density at radius 2 is 2.00 bits per heavy atom. The zero-order chi connectivity index (χ0) is 16.1. The summed E-state index contributed by atoms with van der Waals surface area (Å²) in [7, 11) is 0. The quantitative estimate of drug-likeness (QED) is 0.798. The average molecular weight is 305 g/mol. The molecule has 116 valence electrons. The van der Waals surface area contributed by atoms with E-state index in [1.807, 2.05) is 0 Å². The summed E-state index contributed by atoms with van der Waals surface area (Å²) in [5.41, 5.74) is 0.0949. The van der Waals surface area contributed by atoms with Crippen molar-refractivity contribution in [3.05, 3.63) is 35.4 Å². The SMILES string of the molecule is CC#CCOc1cc(F)c(C2=CCCC(=O)N2CC)c(F)c1. The Balaban J connectivity index is 2.36. The molecule has 0 atom stereocenters. The van der Waals surface area contributed by atoms with Gasteiger partial charge in [0.25, 0.3) is 0 Å². The Morgan fingerprint density at radius 1 is 1.32 bits per heavy atom. The maximum atomic E-state index is 14.3. The summed E-state index contributed by atoms with van der Waals surface area (Å²) in [5.74, 6) is 3.73. The lowest BCUT2D eigenvalue weighted by Crippen LogP contribution is -2.32. The van der Waals surface area contributed by atoms with Gasteiger partial charge in [0, 0.05) is 25.1 Å². The van der Waals surface area contributed by atoms with Gasteiger partial charge in [-0.05, 0) is 20.3 Å². The topological polar surface area (TPSA) is 29.5 Å². The van der Waals surface area contributed by atoms with Gasteiger partial charge in [0.15, 0.2) is 0 Å². The van der Waals surface area contributed by atoms with E-state index in [0.717, 1.165) is 12.1 Å². The number of benzene rings is 1. The third-order valence-electron chi connectivity index (χ3n) is 3.36. The first-order valence-electron chi connectivity index (χ1n) is 7.10. The first-order valence-corrected chi connectivity index (χ1v) is 7.10. The van der Waals surface area contributed by atoms with Gasteiger partial charge in [-0.3, -0.25) is 4.79 Å². The molecule has 0 spiro atoms. The second-order valence-electron chi connectivity index (χ2n) is 4.74. The first-order chi connectivity index (χ1) is 10.6. The second kappa shape index (κ2) is 7.08. The van der Waals surface area contributed by atoms with E-state index in [4.69, 9.17) is 4.74 Å². The van der Waals surface area contributed by atoms with Crippen molar-refractivity contribution in [2.75, 3.05) is 13.2 Å². The highest BCUT2D eigenvalue weighted by molar-refractivity contribution is 5.89. The monoisotopic (exact) mass is 305 g/mol. The number of allylic oxidation sites excluding steroid dienone is 1. The molecule has 1 aromatic carbocycles. The lowest BCUT2D eigenvalue weighted by molar-refractivity contribution is -0.128. The van der Waals surface area contributed by atoms with Crippen LogP contribution >= 0.6 is 0 Å². The van der Waals surface area contributed by atoms with Gasteiger partial charge in [0.1, 0.15) is 24.0 Å². The van der Waals surface area contributed by atoms with Crippen LogP contribution in [0.4, 0.5) is 8.78 Å². The molecule has 0 aliphatic carbocycles. The number of ether oxygens (including phenoxy) is 1. The predicted octanol–water partition coefficient (Wildman–Crippen LogP) is 3.35. The molecule has 0 fully saturated rings. The van der Waals surface area contributed by atoms with Gasteiger partial charge in [-0.15, -0.1) is 5.92 Å². The number of amides is 1. The fraction of sp³-hybridized carbons (Fsp3) is 0.353. The molecule has 0 unspecified atom stereocenters.